The van der Waals surface area contributed by atoms with E-state index in [0.717, 1.165) is 120 Å². The average Bonchev–Trinajstić information content (AvgIpc) is 0.899. The molecular weight excluding hydrogens is 1400 g/mol. The normalized spacial score (nSPS) is 14.6. The number of hydrogen-bond acceptors (Lipinski definition) is 15. The Morgan fingerprint density at radius 3 is 0.657 bits per heavy atom. The fourth-order valence-corrected chi connectivity index (χ4v) is 15.3. The lowest BCUT2D eigenvalue weighted by atomic mass is 9.99. The molecule has 0 spiro atoms. The van der Waals surface area contributed by atoms with E-state index < -0.39 is 97.5 Å². The molecule has 0 heterocycles. The van der Waals surface area contributed by atoms with E-state index in [1.54, 1.807) is 0 Å². The highest BCUT2D eigenvalue weighted by Gasteiger charge is 2.31. The lowest BCUT2D eigenvalue weighted by Crippen LogP contribution is -2.30. The molecule has 0 aromatic carbocycles. The number of phosphoric ester groups is 2. The molecule has 0 saturated heterocycles. The zero-order valence-electron chi connectivity index (χ0n) is 71.5. The number of phosphoric acid groups is 2. The zero-order valence-corrected chi connectivity index (χ0v) is 73.3. The van der Waals surface area contributed by atoms with E-state index in [2.05, 4.69) is 55.4 Å². The van der Waals surface area contributed by atoms with Gasteiger partial charge in [-0.3, -0.25) is 37.3 Å². The van der Waals surface area contributed by atoms with Crippen LogP contribution in [0.5, 0.6) is 0 Å². The standard InChI is InChI=1S/C89H174O17P2/c1-9-80(6)66-58-50-42-36-30-24-18-14-12-13-15-19-27-33-39-45-55-63-72-89(94)106-85(76-100-87(92)70-62-54-48-47-52-60-68-82(8)11-3)78-104-108(97,98)102-74-83(90)73-101-107(95,96)103-77-84(105-88(93)71-64-56-46-40-34-28-20-16-17-23-29-35-41-49-57-65-79(4)5)75-99-86(91)69-61-53-44-38-32-26-22-21-25-31-37-43-51-59-67-81(7)10-2/h79-85,90H,9-78H2,1-8H3,(H,95,96)(H,97,98)/t80?,81?,82?,83-,84-,85-/m1/s1. The Bertz CT molecular complexity index is 2100. The summed E-state index contributed by atoms with van der Waals surface area (Å²) in [4.78, 5) is 73.3. The third-order valence-corrected chi connectivity index (χ3v) is 23.8. The minimum atomic E-state index is -4.97. The van der Waals surface area contributed by atoms with Crippen molar-refractivity contribution in [3.05, 3.63) is 0 Å². The van der Waals surface area contributed by atoms with Crippen LogP contribution in [0, 0.1) is 23.7 Å². The molecule has 17 nitrogen and oxygen atoms in total. The third kappa shape index (κ3) is 78.0. The molecular formula is C89H174O17P2. The van der Waals surface area contributed by atoms with Crippen LogP contribution in [0.1, 0.15) is 466 Å². The number of aliphatic hydroxyl groups excluding tert-OH is 1. The highest BCUT2D eigenvalue weighted by molar-refractivity contribution is 7.47. The third-order valence-electron chi connectivity index (χ3n) is 21.9. The van der Waals surface area contributed by atoms with Gasteiger partial charge in [-0.15, -0.1) is 0 Å². The first kappa shape index (κ1) is 106. The fourth-order valence-electron chi connectivity index (χ4n) is 13.8. The molecule has 642 valence electrons. The van der Waals surface area contributed by atoms with Gasteiger partial charge in [0.15, 0.2) is 12.2 Å². The molecule has 5 unspecified atom stereocenters. The first-order valence-electron chi connectivity index (χ1n) is 45.8. The van der Waals surface area contributed by atoms with Gasteiger partial charge in [0.25, 0.3) is 0 Å². The van der Waals surface area contributed by atoms with Crippen LogP contribution >= 0.6 is 15.6 Å². The lowest BCUT2D eigenvalue weighted by molar-refractivity contribution is -0.161. The number of rotatable bonds is 86. The second-order valence-electron chi connectivity index (χ2n) is 33.2. The predicted octanol–water partition coefficient (Wildman–Crippen LogP) is 27.1. The minimum Gasteiger partial charge on any atom is -0.462 e. The number of hydrogen-bond donors (Lipinski definition) is 3. The van der Waals surface area contributed by atoms with Gasteiger partial charge in [-0.05, 0) is 49.4 Å². The molecule has 0 rings (SSSR count). The summed E-state index contributed by atoms with van der Waals surface area (Å²) in [6.07, 6.45) is 68.0. The Balaban J connectivity index is 5.22. The van der Waals surface area contributed by atoms with Gasteiger partial charge < -0.3 is 33.8 Å². The van der Waals surface area contributed by atoms with Gasteiger partial charge >= 0.3 is 39.5 Å². The summed E-state index contributed by atoms with van der Waals surface area (Å²) in [5.74, 6) is 1.15. The van der Waals surface area contributed by atoms with Crippen LogP contribution in [-0.2, 0) is 65.4 Å². The Kier molecular flexibility index (Phi) is 76.2. The van der Waals surface area contributed by atoms with E-state index in [9.17, 15) is 43.2 Å². The summed E-state index contributed by atoms with van der Waals surface area (Å²) < 4.78 is 69.0. The number of aliphatic hydroxyl groups is 1. The Hall–Kier alpha value is -1.94. The molecule has 3 N–H and O–H groups in total. The quantitative estimate of drug-likeness (QED) is 0.0222. The Labute approximate surface area is 664 Å². The second kappa shape index (κ2) is 77.6. The van der Waals surface area contributed by atoms with Gasteiger partial charge in [0.2, 0.25) is 0 Å². The number of unbranched alkanes of at least 4 members (excludes halogenated alkanes) is 49. The maximum Gasteiger partial charge on any atom is 0.472 e. The predicted molar refractivity (Wildman–Crippen MR) is 446 cm³/mol. The van der Waals surface area contributed by atoms with Crippen molar-refractivity contribution in [2.75, 3.05) is 39.6 Å². The van der Waals surface area contributed by atoms with Crippen molar-refractivity contribution in [2.45, 2.75) is 485 Å². The Morgan fingerprint density at radius 1 is 0.259 bits per heavy atom. The SMILES string of the molecule is CCC(C)CCCCCCCCCCCCCCCCCCCCC(=O)O[C@H](COC(=O)CCCCCCCCC(C)CC)COP(=O)(O)OC[C@H](O)COP(=O)(O)OC[C@@H](COC(=O)CCCCCCCCCCCCCCCCC(C)CC)OC(=O)CCCCCCCCCCCCCCCCCC(C)C. The molecule has 0 fully saturated rings. The maximum absolute atomic E-state index is 13.2. The second-order valence-corrected chi connectivity index (χ2v) is 36.1. The van der Waals surface area contributed by atoms with Crippen LogP contribution in [0.25, 0.3) is 0 Å². The monoisotopic (exact) mass is 1580 g/mol. The summed E-state index contributed by atoms with van der Waals surface area (Å²) >= 11 is 0. The molecule has 0 aromatic rings. The maximum atomic E-state index is 13.2. The molecule has 8 atom stereocenters. The Morgan fingerprint density at radius 2 is 0.444 bits per heavy atom. The molecule has 0 aliphatic heterocycles. The molecule has 0 bridgehead atoms. The van der Waals surface area contributed by atoms with Crippen molar-refractivity contribution >= 4 is 39.5 Å². The molecule has 0 saturated carbocycles. The fraction of sp³-hybridized carbons (Fsp3) is 0.955. The van der Waals surface area contributed by atoms with Crippen molar-refractivity contribution in [3.63, 3.8) is 0 Å². The summed E-state index contributed by atoms with van der Waals surface area (Å²) in [5, 5.41) is 10.7. The van der Waals surface area contributed by atoms with Crippen molar-refractivity contribution in [1.82, 2.24) is 0 Å². The van der Waals surface area contributed by atoms with Gasteiger partial charge in [-0.25, -0.2) is 9.13 Å². The largest absolute Gasteiger partial charge is 0.472 e. The summed E-state index contributed by atoms with van der Waals surface area (Å²) in [7, 11) is -9.93. The van der Waals surface area contributed by atoms with Crippen LogP contribution in [-0.4, -0.2) is 96.7 Å². The van der Waals surface area contributed by atoms with Crippen LogP contribution in [0.4, 0.5) is 0 Å². The van der Waals surface area contributed by atoms with Gasteiger partial charge in [0.1, 0.15) is 19.3 Å². The van der Waals surface area contributed by atoms with E-state index in [1.165, 1.54) is 263 Å². The van der Waals surface area contributed by atoms with Crippen molar-refractivity contribution < 1.29 is 80.2 Å². The van der Waals surface area contributed by atoms with E-state index in [0.29, 0.717) is 25.7 Å². The number of esters is 4. The topological polar surface area (TPSA) is 237 Å². The van der Waals surface area contributed by atoms with Crippen LogP contribution in [0.3, 0.4) is 0 Å². The molecule has 0 aromatic heterocycles. The van der Waals surface area contributed by atoms with E-state index in [4.69, 9.17) is 37.0 Å². The molecule has 0 aliphatic rings. The van der Waals surface area contributed by atoms with Crippen molar-refractivity contribution in [2.24, 2.45) is 23.7 Å². The molecule has 0 amide bonds. The smallest absolute Gasteiger partial charge is 0.462 e. The average molecular weight is 1580 g/mol. The zero-order chi connectivity index (χ0) is 79.5. The van der Waals surface area contributed by atoms with E-state index in [-0.39, 0.29) is 25.7 Å². The molecule has 0 radical (unpaired) electrons. The highest BCUT2D eigenvalue weighted by Crippen LogP contribution is 2.45. The number of carbonyl (C=O) groups is 4. The van der Waals surface area contributed by atoms with Gasteiger partial charge in [-0.2, -0.15) is 0 Å². The van der Waals surface area contributed by atoms with Crippen LogP contribution < -0.4 is 0 Å². The van der Waals surface area contributed by atoms with Gasteiger partial charge in [0.05, 0.1) is 26.4 Å². The summed E-state index contributed by atoms with van der Waals surface area (Å²) in [6.45, 7) is 14.4. The summed E-state index contributed by atoms with van der Waals surface area (Å²) in [5.41, 5.74) is 0. The van der Waals surface area contributed by atoms with E-state index >= 15 is 0 Å². The van der Waals surface area contributed by atoms with Gasteiger partial charge in [-0.1, -0.05) is 415 Å². The molecule has 0 aliphatic carbocycles. The first-order valence-corrected chi connectivity index (χ1v) is 48.8. The van der Waals surface area contributed by atoms with Crippen LogP contribution in [0.15, 0.2) is 0 Å². The summed E-state index contributed by atoms with van der Waals surface area (Å²) in [6, 6.07) is 0. The minimum absolute atomic E-state index is 0.107. The molecule has 19 heteroatoms. The van der Waals surface area contributed by atoms with Gasteiger partial charge in [0, 0.05) is 25.7 Å². The first-order chi connectivity index (χ1) is 52.2. The van der Waals surface area contributed by atoms with Crippen molar-refractivity contribution in [3.8, 4) is 0 Å². The molecule has 108 heavy (non-hydrogen) atoms. The highest BCUT2D eigenvalue weighted by atomic mass is 31.2. The number of ether oxygens (including phenoxy) is 4. The van der Waals surface area contributed by atoms with Crippen molar-refractivity contribution in [1.29, 1.82) is 0 Å². The lowest BCUT2D eigenvalue weighted by Gasteiger charge is -2.21. The van der Waals surface area contributed by atoms with Crippen LogP contribution in [0.2, 0.25) is 0 Å². The van der Waals surface area contributed by atoms with E-state index in [1.807, 2.05) is 0 Å². The number of carbonyl (C=O) groups excluding carboxylic acids is 4.